The lowest BCUT2D eigenvalue weighted by Gasteiger charge is -2.20. The number of hydrogen-bond donors (Lipinski definition) is 2. The molecule has 1 heterocycles. The molecule has 0 aliphatic carbocycles. The summed E-state index contributed by atoms with van der Waals surface area (Å²) in [5.74, 6) is 0.00864. The second-order valence-corrected chi connectivity index (χ2v) is 5.42. The van der Waals surface area contributed by atoms with Crippen LogP contribution in [0.1, 0.15) is 31.9 Å². The number of anilines is 1. The van der Waals surface area contributed by atoms with E-state index in [2.05, 4.69) is 10.2 Å². The summed E-state index contributed by atoms with van der Waals surface area (Å²) in [5.41, 5.74) is 1.77. The number of carbonyl (C=O) groups excluding carboxylic acids is 1. The third-order valence-electron chi connectivity index (χ3n) is 3.39. The molecule has 1 aromatic carbocycles. The van der Waals surface area contributed by atoms with Crippen LogP contribution in [0.5, 0.6) is 0 Å². The zero-order valence-corrected chi connectivity index (χ0v) is 11.9. The van der Waals surface area contributed by atoms with Crippen molar-refractivity contribution in [3.05, 3.63) is 28.8 Å². The van der Waals surface area contributed by atoms with Crippen molar-refractivity contribution in [3.8, 4) is 0 Å². The van der Waals surface area contributed by atoms with Crippen LogP contribution in [-0.4, -0.2) is 30.1 Å². The Morgan fingerprint density at radius 2 is 2.32 bits per heavy atom. The summed E-state index contributed by atoms with van der Waals surface area (Å²) in [4.78, 5) is 13.2. The molecule has 1 amide bonds. The molecule has 1 saturated heterocycles. The zero-order valence-electron chi connectivity index (χ0n) is 11.2. The molecule has 0 saturated carbocycles. The average Bonchev–Trinajstić information content (AvgIpc) is 2.75. The van der Waals surface area contributed by atoms with Crippen LogP contribution >= 0.6 is 11.6 Å². The van der Waals surface area contributed by atoms with E-state index in [1.807, 2.05) is 18.2 Å². The van der Waals surface area contributed by atoms with Gasteiger partial charge in [-0.05, 0) is 31.0 Å². The van der Waals surface area contributed by atoms with E-state index in [-0.39, 0.29) is 11.9 Å². The van der Waals surface area contributed by atoms with Crippen molar-refractivity contribution < 1.29 is 9.90 Å². The molecule has 0 radical (unpaired) electrons. The number of nitrogens with zero attached hydrogens (tertiary/aromatic N) is 1. The van der Waals surface area contributed by atoms with Gasteiger partial charge in [0.05, 0.1) is 6.10 Å². The van der Waals surface area contributed by atoms with E-state index >= 15 is 0 Å². The first kappa shape index (κ1) is 14.2. The van der Waals surface area contributed by atoms with Gasteiger partial charge in [-0.15, -0.1) is 0 Å². The standard InChI is InChI=1S/C14H19ClN2O2/c1-9(18)13-4-3-12(7-14(13)15)17-6-5-11(8-17)16-10(2)19/h3-4,7,9,11,18H,5-6,8H2,1-2H3,(H,16,19). The molecule has 0 spiro atoms. The largest absolute Gasteiger partial charge is 0.389 e. The maximum atomic E-state index is 11.0. The quantitative estimate of drug-likeness (QED) is 0.893. The number of aliphatic hydroxyl groups is 1. The number of halogens is 1. The Morgan fingerprint density at radius 1 is 1.58 bits per heavy atom. The Hall–Kier alpha value is -1.26. The second-order valence-electron chi connectivity index (χ2n) is 5.01. The van der Waals surface area contributed by atoms with Gasteiger partial charge in [0.2, 0.25) is 5.91 Å². The van der Waals surface area contributed by atoms with Gasteiger partial charge in [0.25, 0.3) is 0 Å². The summed E-state index contributed by atoms with van der Waals surface area (Å²) in [6, 6.07) is 5.89. The van der Waals surface area contributed by atoms with Gasteiger partial charge in [0.15, 0.2) is 0 Å². The number of rotatable bonds is 3. The minimum atomic E-state index is -0.563. The molecule has 2 N–H and O–H groups in total. The minimum absolute atomic E-state index is 0.00864. The first-order valence-electron chi connectivity index (χ1n) is 6.47. The summed E-state index contributed by atoms with van der Waals surface area (Å²) in [5, 5.41) is 13.1. The number of carbonyl (C=O) groups is 1. The summed E-state index contributed by atoms with van der Waals surface area (Å²) >= 11 is 6.17. The smallest absolute Gasteiger partial charge is 0.217 e. The van der Waals surface area contributed by atoms with Crippen molar-refractivity contribution in [2.75, 3.05) is 18.0 Å². The number of hydrogen-bond acceptors (Lipinski definition) is 3. The SMILES string of the molecule is CC(=O)NC1CCN(c2ccc(C(C)O)c(Cl)c2)C1. The van der Waals surface area contributed by atoms with Gasteiger partial charge in [-0.25, -0.2) is 0 Å². The third-order valence-corrected chi connectivity index (χ3v) is 3.72. The van der Waals surface area contributed by atoms with Crippen molar-refractivity contribution in [1.29, 1.82) is 0 Å². The molecule has 0 bridgehead atoms. The first-order chi connectivity index (χ1) is 8.97. The van der Waals surface area contributed by atoms with E-state index in [1.165, 1.54) is 6.92 Å². The fourth-order valence-electron chi connectivity index (χ4n) is 2.45. The molecular formula is C14H19ClN2O2. The van der Waals surface area contributed by atoms with Crippen LogP contribution in [0.3, 0.4) is 0 Å². The molecule has 1 fully saturated rings. The van der Waals surface area contributed by atoms with Crippen LogP contribution in [0, 0.1) is 0 Å². The lowest BCUT2D eigenvalue weighted by atomic mass is 10.1. The predicted molar refractivity (Wildman–Crippen MR) is 76.5 cm³/mol. The maximum absolute atomic E-state index is 11.0. The van der Waals surface area contributed by atoms with E-state index in [9.17, 15) is 9.90 Å². The lowest BCUT2D eigenvalue weighted by molar-refractivity contribution is -0.119. The molecule has 1 aliphatic heterocycles. The molecule has 5 heteroatoms. The van der Waals surface area contributed by atoms with Crippen molar-refractivity contribution in [2.45, 2.75) is 32.4 Å². The van der Waals surface area contributed by atoms with Crippen molar-refractivity contribution in [1.82, 2.24) is 5.32 Å². The highest BCUT2D eigenvalue weighted by molar-refractivity contribution is 6.31. The maximum Gasteiger partial charge on any atom is 0.217 e. The molecule has 2 unspecified atom stereocenters. The highest BCUT2D eigenvalue weighted by Gasteiger charge is 2.23. The molecule has 0 aromatic heterocycles. The summed E-state index contributed by atoms with van der Waals surface area (Å²) < 4.78 is 0. The van der Waals surface area contributed by atoms with Gasteiger partial charge < -0.3 is 15.3 Å². The highest BCUT2D eigenvalue weighted by atomic mass is 35.5. The number of aliphatic hydroxyl groups excluding tert-OH is 1. The number of benzene rings is 1. The van der Waals surface area contributed by atoms with E-state index < -0.39 is 6.10 Å². The molecular weight excluding hydrogens is 264 g/mol. The second kappa shape index (κ2) is 5.80. The topological polar surface area (TPSA) is 52.6 Å². The fourth-order valence-corrected chi connectivity index (χ4v) is 2.78. The Bertz CT molecular complexity index is 477. The van der Waals surface area contributed by atoms with Gasteiger partial charge in [-0.3, -0.25) is 4.79 Å². The number of amides is 1. The molecule has 1 aromatic rings. The van der Waals surface area contributed by atoms with E-state index in [0.29, 0.717) is 5.02 Å². The van der Waals surface area contributed by atoms with Gasteiger partial charge in [0.1, 0.15) is 0 Å². The van der Waals surface area contributed by atoms with Crippen LogP contribution in [0.4, 0.5) is 5.69 Å². The molecule has 1 aliphatic rings. The van der Waals surface area contributed by atoms with Gasteiger partial charge in [-0.2, -0.15) is 0 Å². The zero-order chi connectivity index (χ0) is 14.0. The molecule has 4 nitrogen and oxygen atoms in total. The Morgan fingerprint density at radius 3 is 2.89 bits per heavy atom. The van der Waals surface area contributed by atoms with E-state index in [0.717, 1.165) is 30.8 Å². The average molecular weight is 283 g/mol. The van der Waals surface area contributed by atoms with Crippen molar-refractivity contribution >= 4 is 23.2 Å². The third kappa shape index (κ3) is 3.39. The highest BCUT2D eigenvalue weighted by Crippen LogP contribution is 2.29. The van der Waals surface area contributed by atoms with Crippen LogP contribution in [-0.2, 0) is 4.79 Å². The van der Waals surface area contributed by atoms with Crippen molar-refractivity contribution in [2.24, 2.45) is 0 Å². The van der Waals surface area contributed by atoms with E-state index in [4.69, 9.17) is 11.6 Å². The van der Waals surface area contributed by atoms with E-state index in [1.54, 1.807) is 6.92 Å². The van der Waals surface area contributed by atoms with Crippen LogP contribution in [0.2, 0.25) is 5.02 Å². The monoisotopic (exact) mass is 282 g/mol. The molecule has 2 rings (SSSR count). The fraction of sp³-hybridized carbons (Fsp3) is 0.500. The molecule has 19 heavy (non-hydrogen) atoms. The summed E-state index contributed by atoms with van der Waals surface area (Å²) in [6.07, 6.45) is 0.377. The minimum Gasteiger partial charge on any atom is -0.389 e. The van der Waals surface area contributed by atoms with Crippen LogP contribution < -0.4 is 10.2 Å². The Balaban J connectivity index is 2.07. The van der Waals surface area contributed by atoms with Gasteiger partial charge >= 0.3 is 0 Å². The molecule has 2 atom stereocenters. The predicted octanol–water partition coefficient (Wildman–Crippen LogP) is 2.11. The van der Waals surface area contributed by atoms with Crippen molar-refractivity contribution in [3.63, 3.8) is 0 Å². The normalized spacial score (nSPS) is 20.4. The first-order valence-corrected chi connectivity index (χ1v) is 6.84. The van der Waals surface area contributed by atoms with Gasteiger partial charge in [-0.1, -0.05) is 17.7 Å². The number of nitrogens with one attached hydrogen (secondary N) is 1. The Labute approximate surface area is 118 Å². The summed E-state index contributed by atoms with van der Waals surface area (Å²) in [7, 11) is 0. The lowest BCUT2D eigenvalue weighted by Crippen LogP contribution is -2.35. The van der Waals surface area contributed by atoms with Crippen LogP contribution in [0.25, 0.3) is 0 Å². The molecule has 104 valence electrons. The van der Waals surface area contributed by atoms with Gasteiger partial charge in [0, 0.05) is 36.8 Å². The van der Waals surface area contributed by atoms with Crippen LogP contribution in [0.15, 0.2) is 18.2 Å². The Kier molecular flexibility index (Phi) is 4.32. The summed E-state index contributed by atoms with van der Waals surface area (Å²) in [6.45, 7) is 4.93.